The number of aliphatic hydroxyl groups is 1. The molecule has 1 N–H and O–H groups in total. The van der Waals surface area contributed by atoms with Crippen LogP contribution in [-0.2, 0) is 11.8 Å². The smallest absolute Gasteiger partial charge is 0.165 e. The quantitative estimate of drug-likeness (QED) is 0.503. The van der Waals surface area contributed by atoms with Crippen molar-refractivity contribution in [2.45, 2.75) is 36.5 Å². The maximum absolute atomic E-state index is 10.6. The molecule has 2 aliphatic carbocycles. The zero-order chi connectivity index (χ0) is 16.0. The molecule has 1 aromatic carbocycles. The van der Waals surface area contributed by atoms with Gasteiger partial charge in [0.25, 0.3) is 0 Å². The lowest BCUT2D eigenvalue weighted by molar-refractivity contribution is -0.926. The van der Waals surface area contributed by atoms with E-state index >= 15 is 0 Å². The lowest BCUT2D eigenvalue weighted by Crippen LogP contribution is -3.00. The highest BCUT2D eigenvalue weighted by molar-refractivity contribution is 5.61. The predicted octanol–water partition coefficient (Wildman–Crippen LogP) is -1.35. The number of likely N-dealkylation sites (N-methyl/N-ethyl adjacent to an activating group) is 1. The molecule has 0 unspecified atom stereocenters. The number of rotatable bonds is 1. The van der Waals surface area contributed by atoms with E-state index in [4.69, 9.17) is 9.47 Å². The van der Waals surface area contributed by atoms with E-state index in [2.05, 4.69) is 26.2 Å². The van der Waals surface area contributed by atoms with Gasteiger partial charge in [-0.25, -0.2) is 0 Å². The Labute approximate surface area is 149 Å². The molecule has 2 bridgehead atoms. The summed E-state index contributed by atoms with van der Waals surface area (Å²) >= 11 is 0. The molecule has 24 heavy (non-hydrogen) atoms. The van der Waals surface area contributed by atoms with E-state index in [1.54, 1.807) is 7.11 Å². The molecule has 4 nitrogen and oxygen atoms in total. The fourth-order valence-corrected chi connectivity index (χ4v) is 5.75. The first-order valence-corrected chi connectivity index (χ1v) is 8.55. The second-order valence-corrected chi connectivity index (χ2v) is 8.13. The molecule has 1 fully saturated rings. The lowest BCUT2D eigenvalue weighted by Gasteiger charge is -2.58. The number of ether oxygens (including phenoxy) is 2. The molecule has 5 heteroatoms. The Hall–Kier alpha value is -1.23. The highest BCUT2D eigenvalue weighted by Crippen LogP contribution is 2.63. The van der Waals surface area contributed by atoms with E-state index in [-0.39, 0.29) is 23.9 Å². The van der Waals surface area contributed by atoms with E-state index in [9.17, 15) is 5.11 Å². The third kappa shape index (κ3) is 1.67. The Morgan fingerprint density at radius 2 is 2.08 bits per heavy atom. The van der Waals surface area contributed by atoms with Gasteiger partial charge in [-0.1, -0.05) is 18.2 Å². The van der Waals surface area contributed by atoms with Gasteiger partial charge in [-0.15, -0.1) is 0 Å². The van der Waals surface area contributed by atoms with Crippen LogP contribution in [0.1, 0.15) is 17.5 Å². The number of nitrogens with zero attached hydrogens (tertiary/aromatic N) is 1. The van der Waals surface area contributed by atoms with Crippen molar-refractivity contribution in [1.82, 2.24) is 0 Å². The predicted molar refractivity (Wildman–Crippen MR) is 86.8 cm³/mol. The Kier molecular flexibility index (Phi) is 3.32. The van der Waals surface area contributed by atoms with Gasteiger partial charge in [-0.2, -0.15) is 0 Å². The average molecular weight is 350 g/mol. The van der Waals surface area contributed by atoms with Crippen molar-refractivity contribution in [1.29, 1.82) is 0 Å². The van der Waals surface area contributed by atoms with Gasteiger partial charge in [0.15, 0.2) is 11.5 Å². The molecular formula is C19H24ClNO3. The molecule has 1 spiro atoms. The van der Waals surface area contributed by atoms with Crippen molar-refractivity contribution in [3.8, 4) is 11.5 Å². The van der Waals surface area contributed by atoms with Gasteiger partial charge in [0, 0.05) is 24.3 Å². The molecule has 1 aromatic rings. The lowest BCUT2D eigenvalue weighted by atomic mass is 9.53. The molecule has 0 aromatic heterocycles. The summed E-state index contributed by atoms with van der Waals surface area (Å²) in [5.74, 6) is 2.12. The van der Waals surface area contributed by atoms with Gasteiger partial charge in [0.2, 0.25) is 0 Å². The number of benzene rings is 1. The van der Waals surface area contributed by atoms with Gasteiger partial charge >= 0.3 is 0 Å². The minimum absolute atomic E-state index is 0. The SMILES string of the molecule is COc1ccc2c3c1O[C@H]1[C@@H](O)C=C[C@H]4[C@@H](C2)[N+](C)(C)CC[C@@]341.[Cl-]. The Balaban J connectivity index is 0.00000146. The van der Waals surface area contributed by atoms with E-state index in [0.717, 1.165) is 35.4 Å². The minimum atomic E-state index is -0.538. The van der Waals surface area contributed by atoms with Crippen LogP contribution in [0.2, 0.25) is 0 Å². The number of quaternary nitrogens is 1. The van der Waals surface area contributed by atoms with Crippen LogP contribution >= 0.6 is 0 Å². The van der Waals surface area contributed by atoms with Crippen molar-refractivity contribution in [3.63, 3.8) is 0 Å². The summed E-state index contributed by atoms with van der Waals surface area (Å²) in [6.45, 7) is 1.12. The fourth-order valence-electron chi connectivity index (χ4n) is 5.75. The van der Waals surface area contributed by atoms with E-state index in [0.29, 0.717) is 12.0 Å². The fraction of sp³-hybridized carbons (Fsp3) is 0.579. The van der Waals surface area contributed by atoms with E-state index in [1.807, 2.05) is 12.1 Å². The molecule has 4 aliphatic rings. The number of hydrogen-bond acceptors (Lipinski definition) is 3. The second-order valence-electron chi connectivity index (χ2n) is 8.13. The first-order chi connectivity index (χ1) is 11.0. The summed E-state index contributed by atoms with van der Waals surface area (Å²) in [7, 11) is 6.38. The van der Waals surface area contributed by atoms with Crippen molar-refractivity contribution in [2.75, 3.05) is 27.7 Å². The number of halogens is 1. The molecule has 5 atom stereocenters. The largest absolute Gasteiger partial charge is 1.00 e. The number of piperidine rings is 1. The van der Waals surface area contributed by atoms with Crippen LogP contribution in [0, 0.1) is 5.92 Å². The van der Waals surface area contributed by atoms with Gasteiger partial charge in [0.05, 0.1) is 33.2 Å². The zero-order valence-corrected chi connectivity index (χ0v) is 15.1. The molecule has 2 heterocycles. The molecule has 130 valence electrons. The number of aliphatic hydroxyl groups excluding tert-OH is 1. The van der Waals surface area contributed by atoms with Gasteiger partial charge in [-0.05, 0) is 11.6 Å². The molecular weight excluding hydrogens is 326 g/mol. The molecule has 1 saturated heterocycles. The summed E-state index contributed by atoms with van der Waals surface area (Å²) in [4.78, 5) is 0. The first-order valence-electron chi connectivity index (χ1n) is 8.55. The molecule has 0 radical (unpaired) electrons. The summed E-state index contributed by atoms with van der Waals surface area (Å²) < 4.78 is 12.9. The van der Waals surface area contributed by atoms with E-state index < -0.39 is 6.10 Å². The van der Waals surface area contributed by atoms with Crippen LogP contribution in [0.25, 0.3) is 0 Å². The monoisotopic (exact) mass is 349 g/mol. The molecule has 2 aliphatic heterocycles. The number of likely N-dealkylation sites (tertiary alicyclic amines) is 1. The number of methoxy groups -OCH3 is 1. The highest BCUT2D eigenvalue weighted by atomic mass is 35.5. The van der Waals surface area contributed by atoms with Crippen molar-refractivity contribution in [3.05, 3.63) is 35.4 Å². The first kappa shape index (κ1) is 16.2. The Morgan fingerprint density at radius 3 is 2.83 bits per heavy atom. The van der Waals surface area contributed by atoms with Crippen LogP contribution in [0.4, 0.5) is 0 Å². The standard InChI is InChI=1S/C19H24NO3.ClH/c1-20(2)9-8-19-12-5-6-14(21)18(19)23-17-15(22-3)7-4-11(16(17)19)10-13(12)20;/h4-7,12-14,18,21H,8-10H2,1-3H3;1H/q+1;/p-1/t12-,13+,14-,18-,19-;/m0./s1. The summed E-state index contributed by atoms with van der Waals surface area (Å²) in [5.41, 5.74) is 2.63. The van der Waals surface area contributed by atoms with Crippen molar-refractivity contribution >= 4 is 0 Å². The average Bonchev–Trinajstić information content (AvgIpc) is 2.88. The van der Waals surface area contributed by atoms with Crippen LogP contribution in [-0.4, -0.2) is 55.6 Å². The second kappa shape index (κ2) is 4.90. The molecule has 5 rings (SSSR count). The van der Waals surface area contributed by atoms with Gasteiger partial charge < -0.3 is 31.5 Å². The highest BCUT2D eigenvalue weighted by Gasteiger charge is 2.67. The van der Waals surface area contributed by atoms with Crippen molar-refractivity contribution < 1.29 is 31.5 Å². The topological polar surface area (TPSA) is 38.7 Å². The third-order valence-electron chi connectivity index (χ3n) is 6.91. The normalized spacial score (nSPS) is 39.5. The zero-order valence-electron chi connectivity index (χ0n) is 14.3. The van der Waals surface area contributed by atoms with Crippen LogP contribution in [0.5, 0.6) is 11.5 Å². The molecule has 0 saturated carbocycles. The third-order valence-corrected chi connectivity index (χ3v) is 6.91. The Bertz CT molecular complexity index is 732. The number of hydrogen-bond donors (Lipinski definition) is 1. The minimum Gasteiger partial charge on any atom is -1.00 e. The van der Waals surface area contributed by atoms with Gasteiger partial charge in [-0.3, -0.25) is 0 Å². The van der Waals surface area contributed by atoms with Crippen LogP contribution in [0.3, 0.4) is 0 Å². The summed E-state index contributed by atoms with van der Waals surface area (Å²) in [6.07, 6.45) is 5.64. The Morgan fingerprint density at radius 1 is 1.29 bits per heavy atom. The summed E-state index contributed by atoms with van der Waals surface area (Å²) in [5, 5.41) is 10.6. The van der Waals surface area contributed by atoms with Crippen molar-refractivity contribution in [2.24, 2.45) is 5.92 Å². The van der Waals surface area contributed by atoms with E-state index in [1.165, 1.54) is 11.1 Å². The maximum Gasteiger partial charge on any atom is 0.165 e. The molecule has 0 amide bonds. The van der Waals surface area contributed by atoms with Gasteiger partial charge in [0.1, 0.15) is 18.2 Å². The van der Waals surface area contributed by atoms with Crippen LogP contribution < -0.4 is 21.9 Å². The van der Waals surface area contributed by atoms with Crippen LogP contribution in [0.15, 0.2) is 24.3 Å². The maximum atomic E-state index is 10.6. The summed E-state index contributed by atoms with van der Waals surface area (Å²) in [6, 6.07) is 4.79.